The Morgan fingerprint density at radius 3 is 3.07 bits per heavy atom. The van der Waals surface area contributed by atoms with E-state index in [9.17, 15) is 9.18 Å². The number of hydrogen-bond acceptors (Lipinski definition) is 1. The fourth-order valence-electron chi connectivity index (χ4n) is 2.06. The number of aromatic nitrogens is 1. The molecule has 0 fully saturated rings. The van der Waals surface area contributed by atoms with Crippen LogP contribution in [-0.4, -0.2) is 17.4 Å². The number of amides is 1. The molecule has 2 aromatic rings. The van der Waals surface area contributed by atoms with Crippen LogP contribution in [0.25, 0.3) is 10.9 Å². The first-order valence-corrected chi connectivity index (χ1v) is 4.84. The second kappa shape index (κ2) is 2.82. The maximum atomic E-state index is 13.1. The van der Waals surface area contributed by atoms with Crippen LogP contribution in [0.4, 0.5) is 4.39 Å². The van der Waals surface area contributed by atoms with Crippen molar-refractivity contribution in [2.75, 3.05) is 6.54 Å². The summed E-state index contributed by atoms with van der Waals surface area (Å²) in [5, 5.41) is 3.57. The van der Waals surface area contributed by atoms with Gasteiger partial charge in [-0.15, -0.1) is 0 Å². The third-order valence-electron chi connectivity index (χ3n) is 2.76. The quantitative estimate of drug-likeness (QED) is 0.672. The summed E-state index contributed by atoms with van der Waals surface area (Å²) in [6.07, 6.45) is 0.754. The van der Waals surface area contributed by atoms with Gasteiger partial charge in [-0.1, -0.05) is 0 Å². The second-order valence-electron chi connectivity index (χ2n) is 3.67. The van der Waals surface area contributed by atoms with Gasteiger partial charge in [0.15, 0.2) is 0 Å². The van der Waals surface area contributed by atoms with Crippen molar-refractivity contribution in [1.29, 1.82) is 0 Å². The number of rotatable bonds is 0. The summed E-state index contributed by atoms with van der Waals surface area (Å²) in [6, 6.07) is 4.53. The lowest BCUT2D eigenvalue weighted by atomic mass is 10.0. The highest BCUT2D eigenvalue weighted by Gasteiger charge is 2.21. The number of nitrogens with one attached hydrogen (secondary N) is 2. The minimum absolute atomic E-state index is 0.104. The Hall–Kier alpha value is -1.84. The van der Waals surface area contributed by atoms with Gasteiger partial charge in [0.05, 0.1) is 0 Å². The first kappa shape index (κ1) is 8.47. The minimum Gasteiger partial charge on any atom is -0.350 e. The first-order chi connectivity index (χ1) is 7.25. The van der Waals surface area contributed by atoms with Gasteiger partial charge >= 0.3 is 0 Å². The Morgan fingerprint density at radius 1 is 1.33 bits per heavy atom. The molecule has 0 unspecified atom stereocenters. The maximum Gasteiger partial charge on any atom is 0.268 e. The van der Waals surface area contributed by atoms with Crippen molar-refractivity contribution in [1.82, 2.24) is 10.3 Å². The van der Waals surface area contributed by atoms with E-state index in [2.05, 4.69) is 10.3 Å². The van der Waals surface area contributed by atoms with Crippen LogP contribution in [0.1, 0.15) is 16.1 Å². The normalized spacial score (nSPS) is 15.1. The summed E-state index contributed by atoms with van der Waals surface area (Å²) in [4.78, 5) is 14.5. The Balaban J connectivity index is 2.36. The molecule has 0 radical (unpaired) electrons. The highest BCUT2D eigenvalue weighted by molar-refractivity contribution is 6.02. The number of H-pyrrole nitrogens is 1. The number of fused-ring (bicyclic) bond motifs is 3. The molecule has 4 heteroatoms. The van der Waals surface area contributed by atoms with Gasteiger partial charge in [0.25, 0.3) is 5.91 Å². The van der Waals surface area contributed by atoms with Crippen LogP contribution in [0.2, 0.25) is 0 Å². The van der Waals surface area contributed by atoms with Crippen LogP contribution in [0, 0.1) is 5.82 Å². The van der Waals surface area contributed by atoms with Gasteiger partial charge in [-0.25, -0.2) is 4.39 Å². The van der Waals surface area contributed by atoms with Crippen LogP contribution in [0.15, 0.2) is 18.2 Å². The highest BCUT2D eigenvalue weighted by atomic mass is 19.1. The largest absolute Gasteiger partial charge is 0.350 e. The summed E-state index contributed by atoms with van der Waals surface area (Å²) < 4.78 is 13.1. The van der Waals surface area contributed by atoms with E-state index in [1.807, 2.05) is 0 Å². The van der Waals surface area contributed by atoms with Crippen LogP contribution < -0.4 is 5.32 Å². The molecule has 0 atom stereocenters. The fourth-order valence-corrected chi connectivity index (χ4v) is 2.06. The van der Waals surface area contributed by atoms with Crippen molar-refractivity contribution in [3.8, 4) is 0 Å². The van der Waals surface area contributed by atoms with E-state index in [1.54, 1.807) is 6.07 Å². The number of carbonyl (C=O) groups excluding carboxylic acids is 1. The smallest absolute Gasteiger partial charge is 0.268 e. The summed E-state index contributed by atoms with van der Waals surface area (Å²) >= 11 is 0. The number of halogens is 1. The van der Waals surface area contributed by atoms with Crippen molar-refractivity contribution in [3.63, 3.8) is 0 Å². The van der Waals surface area contributed by atoms with Crippen molar-refractivity contribution < 1.29 is 9.18 Å². The molecule has 1 amide bonds. The van der Waals surface area contributed by atoms with E-state index in [0.717, 1.165) is 22.9 Å². The van der Waals surface area contributed by atoms with Crippen LogP contribution in [-0.2, 0) is 6.42 Å². The summed E-state index contributed by atoms with van der Waals surface area (Å²) in [5.74, 6) is -0.372. The van der Waals surface area contributed by atoms with Crippen molar-refractivity contribution in [2.45, 2.75) is 6.42 Å². The molecule has 2 heterocycles. The highest BCUT2D eigenvalue weighted by Crippen LogP contribution is 2.25. The minimum atomic E-state index is -0.268. The Kier molecular flexibility index (Phi) is 1.59. The molecular formula is C11H9FN2O. The van der Waals surface area contributed by atoms with Gasteiger partial charge in [-0.3, -0.25) is 4.79 Å². The molecule has 15 heavy (non-hydrogen) atoms. The van der Waals surface area contributed by atoms with Crippen molar-refractivity contribution in [3.05, 3.63) is 35.3 Å². The lowest BCUT2D eigenvalue weighted by Gasteiger charge is -2.11. The predicted octanol–water partition coefficient (Wildman–Crippen LogP) is 1.59. The summed E-state index contributed by atoms with van der Waals surface area (Å²) in [7, 11) is 0. The van der Waals surface area contributed by atoms with E-state index in [-0.39, 0.29) is 11.7 Å². The summed E-state index contributed by atoms with van der Waals surface area (Å²) in [5.41, 5.74) is 2.31. The maximum absolute atomic E-state index is 13.1. The number of carbonyl (C=O) groups is 1. The van der Waals surface area contributed by atoms with Gasteiger partial charge in [0.2, 0.25) is 0 Å². The molecule has 0 saturated heterocycles. The number of benzene rings is 1. The third kappa shape index (κ3) is 1.14. The molecule has 0 spiro atoms. The predicted molar refractivity (Wildman–Crippen MR) is 54.3 cm³/mol. The van der Waals surface area contributed by atoms with E-state index in [0.29, 0.717) is 12.2 Å². The zero-order chi connectivity index (χ0) is 10.4. The van der Waals surface area contributed by atoms with Crippen LogP contribution in [0.3, 0.4) is 0 Å². The van der Waals surface area contributed by atoms with E-state index >= 15 is 0 Å². The molecule has 3 nitrogen and oxygen atoms in total. The average Bonchev–Trinajstić information content (AvgIpc) is 2.58. The lowest BCUT2D eigenvalue weighted by molar-refractivity contribution is 0.0942. The molecule has 1 aromatic carbocycles. The summed E-state index contributed by atoms with van der Waals surface area (Å²) in [6.45, 7) is 0.620. The first-order valence-electron chi connectivity index (χ1n) is 4.84. The topological polar surface area (TPSA) is 44.9 Å². The van der Waals surface area contributed by atoms with Gasteiger partial charge < -0.3 is 10.3 Å². The molecule has 1 aliphatic heterocycles. The molecule has 3 rings (SSSR count). The van der Waals surface area contributed by atoms with Crippen molar-refractivity contribution in [2.24, 2.45) is 0 Å². The van der Waals surface area contributed by atoms with E-state index < -0.39 is 0 Å². The van der Waals surface area contributed by atoms with Crippen LogP contribution in [0.5, 0.6) is 0 Å². The zero-order valence-electron chi connectivity index (χ0n) is 7.93. The molecule has 0 aliphatic carbocycles. The van der Waals surface area contributed by atoms with Gasteiger partial charge in [-0.05, 0) is 30.2 Å². The molecule has 0 bridgehead atoms. The Bertz CT molecular complexity index is 559. The molecular weight excluding hydrogens is 195 g/mol. The molecule has 2 N–H and O–H groups in total. The molecule has 1 aliphatic rings. The SMILES string of the molecule is O=C1NCCc2c1[nH]c1ccc(F)cc21. The van der Waals surface area contributed by atoms with E-state index in [1.165, 1.54) is 12.1 Å². The van der Waals surface area contributed by atoms with Gasteiger partial charge in [0, 0.05) is 17.4 Å². The number of aromatic amines is 1. The Labute approximate surface area is 85.3 Å². The second-order valence-corrected chi connectivity index (χ2v) is 3.67. The monoisotopic (exact) mass is 204 g/mol. The Morgan fingerprint density at radius 2 is 2.20 bits per heavy atom. The number of hydrogen-bond donors (Lipinski definition) is 2. The zero-order valence-corrected chi connectivity index (χ0v) is 7.93. The fraction of sp³-hybridized carbons (Fsp3) is 0.182. The van der Waals surface area contributed by atoms with Crippen molar-refractivity contribution >= 4 is 16.8 Å². The van der Waals surface area contributed by atoms with E-state index in [4.69, 9.17) is 0 Å². The van der Waals surface area contributed by atoms with Crippen LogP contribution >= 0.6 is 0 Å². The van der Waals surface area contributed by atoms with Gasteiger partial charge in [0.1, 0.15) is 11.5 Å². The van der Waals surface area contributed by atoms with Gasteiger partial charge in [-0.2, -0.15) is 0 Å². The molecule has 0 saturated carbocycles. The lowest BCUT2D eigenvalue weighted by Crippen LogP contribution is -2.31. The third-order valence-corrected chi connectivity index (χ3v) is 2.76. The standard InChI is InChI=1S/C11H9FN2O/c12-6-1-2-9-8(5-6)7-3-4-13-11(15)10(7)14-9/h1-2,5,14H,3-4H2,(H,13,15). The molecule has 76 valence electrons. The molecule has 1 aromatic heterocycles. The average molecular weight is 204 g/mol.